The molecule has 1 unspecified atom stereocenters. The first-order chi connectivity index (χ1) is 23.9. The predicted molar refractivity (Wildman–Crippen MR) is 211 cm³/mol. The minimum atomic E-state index is -0.00962. The molecule has 0 saturated heterocycles. The Hall–Kier alpha value is -5.12. The smallest absolute Gasteiger partial charge is 0.159 e. The van der Waals surface area contributed by atoms with Crippen molar-refractivity contribution in [2.45, 2.75) is 51.4 Å². The Bertz CT molecular complexity index is 2550. The number of fused-ring (bicyclic) bond motifs is 6. The molecule has 0 amide bonds. The molecule has 2 aliphatic rings. The van der Waals surface area contributed by atoms with E-state index in [1.165, 1.54) is 47.5 Å². The van der Waals surface area contributed by atoms with Gasteiger partial charge in [-0.1, -0.05) is 118 Å². The Balaban J connectivity index is 1.17. The second kappa shape index (κ2) is 11.8. The number of hydrogen-bond acceptors (Lipinski definition) is 3. The van der Waals surface area contributed by atoms with Gasteiger partial charge in [0.1, 0.15) is 5.58 Å². The lowest BCUT2D eigenvalue weighted by molar-refractivity contribution is 0.594. The van der Waals surface area contributed by atoms with Crippen molar-refractivity contribution in [2.75, 3.05) is 4.90 Å². The Kier molecular flexibility index (Phi) is 7.21. The summed E-state index contributed by atoms with van der Waals surface area (Å²) in [5.41, 5.74) is 10.4. The number of para-hydroxylation sites is 1. The molecule has 0 aliphatic heterocycles. The second-order valence-electron chi connectivity index (χ2n) is 14.4. The third-order valence-corrected chi connectivity index (χ3v) is 11.4. The van der Waals surface area contributed by atoms with E-state index in [4.69, 9.17) is 4.42 Å². The molecule has 0 saturated carbocycles. The molecule has 2 aromatic heterocycles. The van der Waals surface area contributed by atoms with Crippen molar-refractivity contribution in [2.24, 2.45) is 0 Å². The lowest BCUT2D eigenvalue weighted by atomic mass is 9.84. The van der Waals surface area contributed by atoms with Gasteiger partial charge in [0.2, 0.25) is 0 Å². The highest BCUT2D eigenvalue weighted by Crippen LogP contribution is 2.45. The topological polar surface area (TPSA) is 16.4 Å². The maximum Gasteiger partial charge on any atom is 0.159 e. The number of allylic oxidation sites excluding steroid dienone is 4. The number of rotatable bonds is 5. The molecule has 9 rings (SSSR count). The van der Waals surface area contributed by atoms with Crippen LogP contribution >= 0.6 is 11.3 Å². The molecule has 1 atom stereocenters. The molecular weight excluding hydrogens is 615 g/mol. The van der Waals surface area contributed by atoms with Crippen LogP contribution in [0.2, 0.25) is 0 Å². The molecule has 0 bridgehead atoms. The zero-order valence-electron chi connectivity index (χ0n) is 28.2. The summed E-state index contributed by atoms with van der Waals surface area (Å²) in [5, 5.41) is 5.11. The summed E-state index contributed by atoms with van der Waals surface area (Å²) in [4.78, 5) is 2.37. The molecule has 0 spiro atoms. The first-order valence-corrected chi connectivity index (χ1v) is 18.2. The summed E-state index contributed by atoms with van der Waals surface area (Å²) in [6.45, 7) is 6.84. The normalized spacial score (nSPS) is 16.0. The summed E-state index contributed by atoms with van der Waals surface area (Å²) >= 11 is 1.90. The number of benzene rings is 5. The van der Waals surface area contributed by atoms with Gasteiger partial charge in [0.05, 0.1) is 5.69 Å². The Morgan fingerprint density at radius 2 is 1.53 bits per heavy atom. The lowest BCUT2D eigenvalue weighted by Crippen LogP contribution is -2.23. The van der Waals surface area contributed by atoms with E-state index >= 15 is 0 Å². The highest BCUT2D eigenvalue weighted by molar-refractivity contribution is 7.17. The Morgan fingerprint density at radius 1 is 0.776 bits per heavy atom. The SMILES string of the molecule is CC(C)(C)c1cccc2oc3c(N(c4ccc(C5=CC=CCC5)cc4)c4ccc(C5C=c6c(sc7ccccc67)=CC5)cc4)cccc3c12. The molecule has 3 heteroatoms. The van der Waals surface area contributed by atoms with Crippen LogP contribution < -0.4 is 14.7 Å². The van der Waals surface area contributed by atoms with E-state index in [1.807, 2.05) is 11.3 Å². The quantitative estimate of drug-likeness (QED) is 0.184. The maximum atomic E-state index is 6.78. The summed E-state index contributed by atoms with van der Waals surface area (Å²) in [5.74, 6) is 0.347. The van der Waals surface area contributed by atoms with Gasteiger partial charge in [-0.25, -0.2) is 0 Å². The number of furan rings is 1. The summed E-state index contributed by atoms with van der Waals surface area (Å²) in [7, 11) is 0. The standard InChI is InChI=1S/C46H39NOS/c1-46(2,3)39-15-10-17-41-44(39)37-14-9-16-40(45(37)48-41)47(34-24-19-31(20-25-34)30-11-5-4-6-12-30)35-26-21-32(22-27-35)33-23-28-43-38(29-33)36-13-7-8-18-42(36)49-43/h4-5,7-11,13-22,24-29,33H,6,12,23H2,1-3H3. The van der Waals surface area contributed by atoms with E-state index in [-0.39, 0.29) is 5.41 Å². The Morgan fingerprint density at radius 3 is 2.31 bits per heavy atom. The fourth-order valence-corrected chi connectivity index (χ4v) is 8.88. The van der Waals surface area contributed by atoms with Crippen molar-refractivity contribution < 1.29 is 4.42 Å². The fourth-order valence-electron chi connectivity index (χ4n) is 7.74. The van der Waals surface area contributed by atoms with E-state index in [0.29, 0.717) is 5.92 Å². The average molecular weight is 654 g/mol. The fraction of sp³-hybridized carbons (Fsp3) is 0.174. The van der Waals surface area contributed by atoms with Crippen LogP contribution in [0.5, 0.6) is 0 Å². The molecule has 0 N–H and O–H groups in total. The molecule has 2 heterocycles. The van der Waals surface area contributed by atoms with Crippen molar-refractivity contribution in [1.29, 1.82) is 0 Å². The van der Waals surface area contributed by atoms with Gasteiger partial charge >= 0.3 is 0 Å². The van der Waals surface area contributed by atoms with Crippen LogP contribution in [0.3, 0.4) is 0 Å². The number of nitrogens with zero attached hydrogens (tertiary/aromatic N) is 1. The molecular formula is C46H39NOS. The number of anilines is 3. The average Bonchev–Trinajstić information content (AvgIpc) is 3.71. The van der Waals surface area contributed by atoms with Gasteiger partial charge in [-0.05, 0) is 100 Å². The van der Waals surface area contributed by atoms with Crippen LogP contribution in [0.15, 0.2) is 132 Å². The van der Waals surface area contributed by atoms with Crippen LogP contribution in [0, 0.1) is 0 Å². The summed E-state index contributed by atoms with van der Waals surface area (Å²) < 4.78 is 9.54. The highest BCUT2D eigenvalue weighted by atomic mass is 32.1. The van der Waals surface area contributed by atoms with Gasteiger partial charge in [0.15, 0.2) is 5.58 Å². The minimum Gasteiger partial charge on any atom is -0.454 e. The van der Waals surface area contributed by atoms with E-state index in [1.54, 1.807) is 0 Å². The first-order valence-electron chi connectivity index (χ1n) is 17.4. The zero-order chi connectivity index (χ0) is 33.1. The van der Waals surface area contributed by atoms with Gasteiger partial charge in [-0.3, -0.25) is 0 Å². The van der Waals surface area contributed by atoms with Crippen molar-refractivity contribution >= 4 is 78.1 Å². The maximum absolute atomic E-state index is 6.78. The van der Waals surface area contributed by atoms with Gasteiger partial charge in [0, 0.05) is 37.3 Å². The van der Waals surface area contributed by atoms with E-state index < -0.39 is 0 Å². The van der Waals surface area contributed by atoms with Gasteiger partial charge in [-0.2, -0.15) is 0 Å². The van der Waals surface area contributed by atoms with Gasteiger partial charge in [-0.15, -0.1) is 11.3 Å². The highest BCUT2D eigenvalue weighted by Gasteiger charge is 2.24. The molecule has 240 valence electrons. The second-order valence-corrected chi connectivity index (χ2v) is 15.5. The van der Waals surface area contributed by atoms with Gasteiger partial charge in [0.25, 0.3) is 0 Å². The van der Waals surface area contributed by atoms with Crippen LogP contribution in [0.25, 0.3) is 49.7 Å². The largest absolute Gasteiger partial charge is 0.454 e. The van der Waals surface area contributed by atoms with Crippen LogP contribution in [-0.4, -0.2) is 0 Å². The first kappa shape index (κ1) is 30.0. The molecule has 49 heavy (non-hydrogen) atoms. The van der Waals surface area contributed by atoms with E-state index in [9.17, 15) is 0 Å². The van der Waals surface area contributed by atoms with E-state index in [0.717, 1.165) is 52.9 Å². The number of thiophene rings is 1. The monoisotopic (exact) mass is 653 g/mol. The Labute approximate surface area is 291 Å². The minimum absolute atomic E-state index is 0.00962. The molecule has 0 radical (unpaired) electrons. The third-order valence-electron chi connectivity index (χ3n) is 10.2. The van der Waals surface area contributed by atoms with Crippen molar-refractivity contribution in [3.05, 3.63) is 154 Å². The third kappa shape index (κ3) is 5.25. The molecule has 7 aromatic rings. The van der Waals surface area contributed by atoms with Crippen molar-refractivity contribution in [3.8, 4) is 0 Å². The van der Waals surface area contributed by atoms with E-state index in [2.05, 4.69) is 165 Å². The summed E-state index contributed by atoms with van der Waals surface area (Å²) in [6.07, 6.45) is 14.8. The molecule has 0 fully saturated rings. The molecule has 2 aliphatic carbocycles. The van der Waals surface area contributed by atoms with Crippen molar-refractivity contribution in [3.63, 3.8) is 0 Å². The van der Waals surface area contributed by atoms with Crippen molar-refractivity contribution in [1.82, 2.24) is 0 Å². The van der Waals surface area contributed by atoms with Gasteiger partial charge < -0.3 is 9.32 Å². The van der Waals surface area contributed by atoms with Crippen LogP contribution in [-0.2, 0) is 5.41 Å². The lowest BCUT2D eigenvalue weighted by Gasteiger charge is -2.26. The number of hydrogen-bond donors (Lipinski definition) is 0. The molecule has 5 aromatic carbocycles. The predicted octanol–water partition coefficient (Wildman–Crippen LogP) is 12.0. The summed E-state index contributed by atoms with van der Waals surface area (Å²) in [6, 6.07) is 40.1. The van der Waals surface area contributed by atoms with Crippen LogP contribution in [0.1, 0.15) is 62.6 Å². The molecule has 2 nitrogen and oxygen atoms in total. The van der Waals surface area contributed by atoms with Crippen LogP contribution in [0.4, 0.5) is 17.1 Å². The zero-order valence-corrected chi connectivity index (χ0v) is 29.1.